The summed E-state index contributed by atoms with van der Waals surface area (Å²) in [5.74, 6) is -2.57. The van der Waals surface area contributed by atoms with Gasteiger partial charge in [-0.05, 0) is 30.0 Å². The number of carbonyl (C=O) groups excluding carboxylic acids is 1. The molecule has 5 nitrogen and oxygen atoms in total. The molecular formula is C16H10F6NO4S2-. The van der Waals surface area contributed by atoms with Crippen LogP contribution in [-0.4, -0.2) is 30.6 Å². The summed E-state index contributed by atoms with van der Waals surface area (Å²) in [5, 5.41) is 11.4. The van der Waals surface area contributed by atoms with Gasteiger partial charge >= 0.3 is 11.7 Å². The quantitative estimate of drug-likeness (QED) is 0.503. The van der Waals surface area contributed by atoms with Crippen molar-refractivity contribution < 1.29 is 44.7 Å². The van der Waals surface area contributed by atoms with Crippen LogP contribution in [0.5, 0.6) is 0 Å². The van der Waals surface area contributed by atoms with Gasteiger partial charge in [0.05, 0.1) is 27.9 Å². The van der Waals surface area contributed by atoms with Crippen molar-refractivity contribution in [2.45, 2.75) is 28.4 Å². The Kier molecular flexibility index (Phi) is 6.23. The molecular weight excluding hydrogens is 448 g/mol. The molecule has 1 aromatic heterocycles. The lowest BCUT2D eigenvalue weighted by Crippen LogP contribution is -2.23. The van der Waals surface area contributed by atoms with Gasteiger partial charge in [0, 0.05) is 22.2 Å². The summed E-state index contributed by atoms with van der Waals surface area (Å²) in [6, 6.07) is 2.58. The number of hydrogen-bond donors (Lipinski definition) is 0. The molecule has 0 bridgehead atoms. The monoisotopic (exact) mass is 458 g/mol. The molecule has 1 heterocycles. The van der Waals surface area contributed by atoms with Gasteiger partial charge in [-0.25, -0.2) is 8.42 Å². The van der Waals surface area contributed by atoms with Crippen LogP contribution >= 0.6 is 11.8 Å². The lowest BCUT2D eigenvalue weighted by atomic mass is 10.0. The number of sulfone groups is 1. The Morgan fingerprint density at radius 3 is 2.24 bits per heavy atom. The van der Waals surface area contributed by atoms with Crippen molar-refractivity contribution >= 4 is 27.6 Å². The molecule has 0 unspecified atom stereocenters. The Labute approximate surface area is 164 Å². The van der Waals surface area contributed by atoms with Gasteiger partial charge < -0.3 is 9.90 Å². The summed E-state index contributed by atoms with van der Waals surface area (Å²) in [6.45, 7) is 1.15. The number of carboxylic acids is 1. The van der Waals surface area contributed by atoms with Gasteiger partial charge in [-0.2, -0.15) is 26.3 Å². The third-order valence-corrected chi connectivity index (χ3v) is 6.06. The molecule has 0 N–H and O–H groups in total. The van der Waals surface area contributed by atoms with Gasteiger partial charge in [-0.1, -0.05) is 13.0 Å². The van der Waals surface area contributed by atoms with E-state index in [4.69, 9.17) is 0 Å². The summed E-state index contributed by atoms with van der Waals surface area (Å²) in [4.78, 5) is 13.4. The number of aromatic nitrogens is 1. The summed E-state index contributed by atoms with van der Waals surface area (Å²) in [5.41, 5.74) is -8.08. The Balaban J connectivity index is 2.78. The minimum absolute atomic E-state index is 0.304. The van der Waals surface area contributed by atoms with E-state index in [9.17, 15) is 44.7 Å². The molecule has 0 aliphatic carbocycles. The number of hydrogen-bond acceptors (Lipinski definition) is 6. The van der Waals surface area contributed by atoms with Gasteiger partial charge in [0.1, 0.15) is 0 Å². The van der Waals surface area contributed by atoms with Crippen molar-refractivity contribution in [1.29, 1.82) is 0 Å². The minimum Gasteiger partial charge on any atom is -0.545 e. The maximum absolute atomic E-state index is 13.0. The zero-order valence-corrected chi connectivity index (χ0v) is 15.9. The van der Waals surface area contributed by atoms with Gasteiger partial charge in [0.2, 0.25) is 0 Å². The maximum atomic E-state index is 13.0. The second-order valence-electron chi connectivity index (χ2n) is 5.51. The van der Waals surface area contributed by atoms with E-state index < -0.39 is 77.2 Å². The first-order chi connectivity index (χ1) is 13.2. The molecule has 158 valence electrons. The van der Waals surface area contributed by atoms with Crippen LogP contribution in [0.15, 0.2) is 40.3 Å². The number of alkyl halides is 6. The molecule has 0 saturated heterocycles. The highest BCUT2D eigenvalue weighted by Crippen LogP contribution is 2.40. The fourth-order valence-electron chi connectivity index (χ4n) is 2.29. The van der Waals surface area contributed by atoms with Crippen LogP contribution in [0.1, 0.15) is 22.8 Å². The normalized spacial score (nSPS) is 12.8. The predicted octanol–water partition coefficient (Wildman–Crippen LogP) is 3.54. The summed E-state index contributed by atoms with van der Waals surface area (Å²) in [6.07, 6.45) is -4.62. The van der Waals surface area contributed by atoms with E-state index in [0.29, 0.717) is 18.3 Å². The number of carbonyl (C=O) groups is 1. The molecule has 0 aliphatic heterocycles. The van der Waals surface area contributed by atoms with E-state index in [1.165, 1.54) is 0 Å². The van der Waals surface area contributed by atoms with E-state index in [-0.39, 0.29) is 0 Å². The van der Waals surface area contributed by atoms with E-state index in [1.54, 1.807) is 0 Å². The minimum atomic E-state index is -4.92. The zero-order chi connectivity index (χ0) is 22.2. The number of benzene rings is 1. The van der Waals surface area contributed by atoms with Gasteiger partial charge in [0.25, 0.3) is 0 Å². The second kappa shape index (κ2) is 7.86. The van der Waals surface area contributed by atoms with E-state index in [1.807, 2.05) is 0 Å². The summed E-state index contributed by atoms with van der Waals surface area (Å²) in [7, 11) is -4.30. The number of aromatic carboxylic acids is 1. The third-order valence-electron chi connectivity index (χ3n) is 3.59. The van der Waals surface area contributed by atoms with Crippen molar-refractivity contribution in [2.24, 2.45) is 0 Å². The van der Waals surface area contributed by atoms with Crippen molar-refractivity contribution in [1.82, 2.24) is 4.98 Å². The van der Waals surface area contributed by atoms with Crippen LogP contribution in [0, 0.1) is 0 Å². The first kappa shape index (κ1) is 23.0. The number of thioether (sulfide) groups is 1. The first-order valence-electron chi connectivity index (χ1n) is 7.57. The van der Waals surface area contributed by atoms with Crippen molar-refractivity contribution in [3.05, 3.63) is 41.6 Å². The van der Waals surface area contributed by atoms with Gasteiger partial charge in [-0.3, -0.25) is 4.98 Å². The predicted molar refractivity (Wildman–Crippen MR) is 88.6 cm³/mol. The van der Waals surface area contributed by atoms with Gasteiger partial charge in [-0.15, -0.1) is 0 Å². The van der Waals surface area contributed by atoms with Crippen LogP contribution in [0.25, 0.3) is 11.3 Å². The van der Waals surface area contributed by atoms with E-state index in [0.717, 1.165) is 19.1 Å². The standard InChI is InChI=1S/C16H11F6NO4S2/c1-2-29(26,27)12-5-8(15(17,18)19)7-23-13(12)10-4-3-9(28-16(20,21)22)6-11(10)14(24)25/h3-7H,2H2,1H3,(H,24,25)/p-1. The SMILES string of the molecule is CCS(=O)(=O)c1cc(C(F)(F)F)cnc1-c1ccc(SC(F)(F)F)cc1C(=O)[O-]. The molecule has 0 radical (unpaired) electrons. The molecule has 0 aliphatic rings. The first-order valence-corrected chi connectivity index (χ1v) is 10.0. The Bertz CT molecular complexity index is 1050. The third kappa shape index (κ3) is 5.41. The smallest absolute Gasteiger partial charge is 0.446 e. The summed E-state index contributed by atoms with van der Waals surface area (Å²) < 4.78 is 101. The molecule has 0 spiro atoms. The second-order valence-corrected chi connectivity index (χ2v) is 8.90. The Hall–Kier alpha value is -2.28. The number of halogens is 6. The van der Waals surface area contributed by atoms with Crippen LogP contribution in [0.3, 0.4) is 0 Å². The Morgan fingerprint density at radius 1 is 1.14 bits per heavy atom. The van der Waals surface area contributed by atoms with Crippen molar-refractivity contribution in [3.8, 4) is 11.3 Å². The number of carboxylic acid groups (broad SMARTS) is 1. The number of pyridine rings is 1. The van der Waals surface area contributed by atoms with Crippen molar-refractivity contribution in [3.63, 3.8) is 0 Å². The molecule has 0 saturated carbocycles. The van der Waals surface area contributed by atoms with Gasteiger partial charge in [0.15, 0.2) is 9.84 Å². The maximum Gasteiger partial charge on any atom is 0.446 e. The fraction of sp³-hybridized carbons (Fsp3) is 0.250. The lowest BCUT2D eigenvalue weighted by Gasteiger charge is -2.17. The summed E-state index contributed by atoms with van der Waals surface area (Å²) >= 11 is -0.622. The fourth-order valence-corrected chi connectivity index (χ4v) is 3.95. The zero-order valence-electron chi connectivity index (χ0n) is 14.3. The lowest BCUT2D eigenvalue weighted by molar-refractivity contribution is -0.255. The van der Waals surface area contributed by atoms with Crippen LogP contribution in [0.4, 0.5) is 26.3 Å². The largest absolute Gasteiger partial charge is 0.545 e. The number of rotatable bonds is 5. The van der Waals surface area contributed by atoms with E-state index in [2.05, 4.69) is 4.98 Å². The van der Waals surface area contributed by atoms with Crippen LogP contribution in [0.2, 0.25) is 0 Å². The highest BCUT2D eigenvalue weighted by atomic mass is 32.2. The van der Waals surface area contributed by atoms with Crippen LogP contribution in [-0.2, 0) is 16.0 Å². The highest BCUT2D eigenvalue weighted by Gasteiger charge is 2.34. The molecule has 2 aromatic rings. The Morgan fingerprint density at radius 2 is 1.76 bits per heavy atom. The molecule has 2 rings (SSSR count). The molecule has 0 amide bonds. The molecule has 13 heteroatoms. The average molecular weight is 458 g/mol. The van der Waals surface area contributed by atoms with Crippen LogP contribution < -0.4 is 5.11 Å². The number of nitrogens with zero attached hydrogens (tertiary/aromatic N) is 1. The average Bonchev–Trinajstić information content (AvgIpc) is 2.59. The van der Waals surface area contributed by atoms with E-state index >= 15 is 0 Å². The molecule has 1 aromatic carbocycles. The molecule has 29 heavy (non-hydrogen) atoms. The topological polar surface area (TPSA) is 87.2 Å². The highest BCUT2D eigenvalue weighted by molar-refractivity contribution is 8.00. The molecule has 0 fully saturated rings. The molecule has 0 atom stereocenters. The van der Waals surface area contributed by atoms with Crippen molar-refractivity contribution in [2.75, 3.05) is 5.75 Å².